The Labute approximate surface area is 181 Å². The highest BCUT2D eigenvalue weighted by Crippen LogP contribution is 2.44. The number of ether oxygens (including phenoxy) is 3. The van der Waals surface area contributed by atoms with Crippen LogP contribution in [0.5, 0.6) is 28.7 Å². The predicted molar refractivity (Wildman–Crippen MR) is 104 cm³/mol. The van der Waals surface area contributed by atoms with E-state index in [1.807, 2.05) is 0 Å². The Morgan fingerprint density at radius 1 is 0.875 bits per heavy atom. The van der Waals surface area contributed by atoms with Gasteiger partial charge in [0.1, 0.15) is 41.1 Å². The van der Waals surface area contributed by atoms with Crippen molar-refractivity contribution in [3.63, 3.8) is 0 Å². The van der Waals surface area contributed by atoms with Crippen LogP contribution >= 0.6 is 0 Å². The summed E-state index contributed by atoms with van der Waals surface area (Å²) in [6, 6.07) is 5.72. The van der Waals surface area contributed by atoms with E-state index in [2.05, 4.69) is 0 Å². The molecule has 7 N–H and O–H groups in total. The second kappa shape index (κ2) is 8.11. The maximum atomic E-state index is 13.3. The fourth-order valence-electron chi connectivity index (χ4n) is 3.77. The standard InChI is InChI=1S/C21H22O11/c1-7-15(26)17(28)18(29)21(30-7)32-20-16(27)14-12(25)5-9(22)6-13(14)31-19(20)8-2-3-10(23)11(24)4-8/h2-7,15,17-26,28-29H,1H3/t7-,15-,17+,18+,19+,20-,21+/m1/s1. The number of hydrogen-bond donors (Lipinski definition) is 7. The van der Waals surface area contributed by atoms with Gasteiger partial charge in [0, 0.05) is 12.1 Å². The molecule has 32 heavy (non-hydrogen) atoms. The number of Topliss-reactive ketones (excluding diaryl/α,β-unsaturated/α-hetero) is 1. The van der Waals surface area contributed by atoms with E-state index in [0.717, 1.165) is 18.2 Å². The molecule has 0 spiro atoms. The molecule has 1 fully saturated rings. The first-order valence-corrected chi connectivity index (χ1v) is 9.72. The fraction of sp³-hybridized carbons (Fsp3) is 0.381. The first-order valence-electron chi connectivity index (χ1n) is 9.72. The van der Waals surface area contributed by atoms with Crippen LogP contribution in [0.15, 0.2) is 30.3 Å². The SMILES string of the molecule is C[C@H]1O[C@@H](O[C@@H]2C(=O)c3c(O)cc(O)cc3O[C@H]2c2ccc(O)c(O)c2)[C@@H](O)[C@@H](O)[C@@H]1O. The molecule has 0 unspecified atom stereocenters. The van der Waals surface area contributed by atoms with Gasteiger partial charge in [-0.05, 0) is 24.6 Å². The number of benzene rings is 2. The zero-order chi connectivity index (χ0) is 23.3. The molecule has 2 aliphatic heterocycles. The van der Waals surface area contributed by atoms with E-state index in [1.165, 1.54) is 19.1 Å². The Bertz CT molecular complexity index is 1040. The molecule has 2 aromatic carbocycles. The number of fused-ring (bicyclic) bond motifs is 1. The molecular weight excluding hydrogens is 428 g/mol. The van der Waals surface area contributed by atoms with Crippen molar-refractivity contribution < 1.29 is 54.8 Å². The number of aromatic hydroxyl groups is 4. The van der Waals surface area contributed by atoms with Crippen molar-refractivity contribution >= 4 is 5.78 Å². The summed E-state index contributed by atoms with van der Waals surface area (Å²) < 4.78 is 16.9. The molecule has 11 nitrogen and oxygen atoms in total. The third-order valence-corrected chi connectivity index (χ3v) is 5.52. The minimum absolute atomic E-state index is 0.154. The molecular formula is C21H22O11. The number of carbonyl (C=O) groups excluding carboxylic acids is 1. The fourth-order valence-corrected chi connectivity index (χ4v) is 3.77. The average Bonchev–Trinajstić information content (AvgIpc) is 2.73. The van der Waals surface area contributed by atoms with E-state index in [1.54, 1.807) is 0 Å². The molecule has 0 bridgehead atoms. The van der Waals surface area contributed by atoms with Crippen molar-refractivity contribution in [3.05, 3.63) is 41.5 Å². The molecule has 0 saturated carbocycles. The average molecular weight is 450 g/mol. The van der Waals surface area contributed by atoms with Crippen LogP contribution < -0.4 is 4.74 Å². The van der Waals surface area contributed by atoms with Crippen molar-refractivity contribution in [3.8, 4) is 28.7 Å². The molecule has 0 aliphatic carbocycles. The lowest BCUT2D eigenvalue weighted by atomic mass is 9.92. The quantitative estimate of drug-likeness (QED) is 0.313. The van der Waals surface area contributed by atoms with E-state index in [4.69, 9.17) is 14.2 Å². The molecule has 0 amide bonds. The van der Waals surface area contributed by atoms with Crippen LogP contribution in [0.1, 0.15) is 28.9 Å². The topological polar surface area (TPSA) is 186 Å². The Morgan fingerprint density at radius 3 is 2.28 bits per heavy atom. The van der Waals surface area contributed by atoms with Crippen LogP contribution in [-0.2, 0) is 9.47 Å². The summed E-state index contributed by atoms with van der Waals surface area (Å²) in [5.41, 5.74) is -0.1000. The van der Waals surface area contributed by atoms with Crippen LogP contribution in [0.4, 0.5) is 0 Å². The highest BCUT2D eigenvalue weighted by molar-refractivity contribution is 6.05. The molecule has 2 heterocycles. The van der Waals surface area contributed by atoms with Gasteiger partial charge in [-0.25, -0.2) is 0 Å². The summed E-state index contributed by atoms with van der Waals surface area (Å²) in [4.78, 5) is 13.3. The number of phenols is 4. The van der Waals surface area contributed by atoms with Crippen LogP contribution in [0.3, 0.4) is 0 Å². The molecule has 0 radical (unpaired) electrons. The summed E-state index contributed by atoms with van der Waals surface area (Å²) in [5, 5.41) is 69.7. The molecule has 7 atom stereocenters. The number of hydrogen-bond acceptors (Lipinski definition) is 11. The highest BCUT2D eigenvalue weighted by Gasteiger charge is 2.48. The smallest absolute Gasteiger partial charge is 0.203 e. The van der Waals surface area contributed by atoms with Crippen LogP contribution in [-0.4, -0.2) is 78.3 Å². The Hall–Kier alpha value is -3.09. The van der Waals surface area contributed by atoms with Crippen molar-refractivity contribution in [1.29, 1.82) is 0 Å². The second-order valence-corrected chi connectivity index (χ2v) is 7.73. The van der Waals surface area contributed by atoms with E-state index in [-0.39, 0.29) is 22.6 Å². The summed E-state index contributed by atoms with van der Waals surface area (Å²) in [5.74, 6) is -2.79. The van der Waals surface area contributed by atoms with Gasteiger partial charge in [-0.2, -0.15) is 0 Å². The molecule has 4 rings (SSSR count). The molecule has 172 valence electrons. The van der Waals surface area contributed by atoms with E-state index >= 15 is 0 Å². The molecule has 0 aromatic heterocycles. The Balaban J connectivity index is 1.75. The maximum absolute atomic E-state index is 13.3. The van der Waals surface area contributed by atoms with E-state index in [0.29, 0.717) is 0 Å². The first-order chi connectivity index (χ1) is 15.1. The number of carbonyl (C=O) groups is 1. The van der Waals surface area contributed by atoms with Crippen LogP contribution in [0, 0.1) is 0 Å². The zero-order valence-electron chi connectivity index (χ0n) is 16.7. The van der Waals surface area contributed by atoms with Gasteiger partial charge in [0.2, 0.25) is 5.78 Å². The highest BCUT2D eigenvalue weighted by atomic mass is 16.7. The predicted octanol–water partition coefficient (Wildman–Crippen LogP) is 0.0381. The van der Waals surface area contributed by atoms with Gasteiger partial charge in [-0.15, -0.1) is 0 Å². The Morgan fingerprint density at radius 2 is 1.59 bits per heavy atom. The lowest BCUT2D eigenvalue weighted by molar-refractivity contribution is -0.304. The summed E-state index contributed by atoms with van der Waals surface area (Å²) >= 11 is 0. The third-order valence-electron chi connectivity index (χ3n) is 5.52. The number of aliphatic hydroxyl groups excluding tert-OH is 3. The lowest BCUT2D eigenvalue weighted by Crippen LogP contribution is -2.59. The van der Waals surface area contributed by atoms with Crippen molar-refractivity contribution in [2.24, 2.45) is 0 Å². The normalized spacial score (nSPS) is 32.2. The maximum Gasteiger partial charge on any atom is 0.203 e. The Kier molecular flexibility index (Phi) is 5.61. The lowest BCUT2D eigenvalue weighted by Gasteiger charge is -2.42. The van der Waals surface area contributed by atoms with E-state index < -0.39 is 65.9 Å². The number of aliphatic hydroxyl groups is 3. The van der Waals surface area contributed by atoms with Gasteiger partial charge >= 0.3 is 0 Å². The van der Waals surface area contributed by atoms with Gasteiger partial charge < -0.3 is 50.0 Å². The zero-order valence-corrected chi connectivity index (χ0v) is 16.7. The first kappa shape index (κ1) is 22.1. The van der Waals surface area contributed by atoms with Crippen molar-refractivity contribution in [1.82, 2.24) is 0 Å². The van der Waals surface area contributed by atoms with Gasteiger partial charge in [-0.3, -0.25) is 4.79 Å². The van der Waals surface area contributed by atoms with Gasteiger partial charge in [0.25, 0.3) is 0 Å². The van der Waals surface area contributed by atoms with E-state index in [9.17, 15) is 40.5 Å². The minimum Gasteiger partial charge on any atom is -0.508 e. The summed E-state index contributed by atoms with van der Waals surface area (Å²) in [6.45, 7) is 1.44. The third kappa shape index (κ3) is 3.70. The number of rotatable bonds is 3. The van der Waals surface area contributed by atoms with Crippen molar-refractivity contribution in [2.45, 2.75) is 49.8 Å². The van der Waals surface area contributed by atoms with Crippen molar-refractivity contribution in [2.75, 3.05) is 0 Å². The second-order valence-electron chi connectivity index (χ2n) is 7.73. The minimum atomic E-state index is -1.71. The molecule has 1 saturated heterocycles. The summed E-state index contributed by atoms with van der Waals surface area (Å²) in [6.07, 6.45) is -10.0. The van der Waals surface area contributed by atoms with Gasteiger partial charge in [0.05, 0.1) is 6.10 Å². The molecule has 2 aliphatic rings. The number of phenolic OH excluding ortho intramolecular Hbond substituents is 4. The van der Waals surface area contributed by atoms with Crippen LogP contribution in [0.2, 0.25) is 0 Å². The number of ketones is 1. The monoisotopic (exact) mass is 450 g/mol. The summed E-state index contributed by atoms with van der Waals surface area (Å²) in [7, 11) is 0. The van der Waals surface area contributed by atoms with Gasteiger partial charge in [-0.1, -0.05) is 6.07 Å². The molecule has 11 heteroatoms. The largest absolute Gasteiger partial charge is 0.508 e. The molecule has 2 aromatic rings. The van der Waals surface area contributed by atoms with Crippen LogP contribution in [0.25, 0.3) is 0 Å². The van der Waals surface area contributed by atoms with Gasteiger partial charge in [0.15, 0.2) is 30.0 Å².